The largest absolute Gasteiger partial charge is 0.395 e. The topological polar surface area (TPSA) is 49.3 Å². The number of rotatable bonds is 1. The number of hydrogen-bond donors (Lipinski definition) is 2. The van der Waals surface area contributed by atoms with E-state index in [1.54, 1.807) is 0 Å². The molecule has 1 aliphatic heterocycles. The summed E-state index contributed by atoms with van der Waals surface area (Å²) in [5.41, 5.74) is 0. The van der Waals surface area contributed by atoms with Crippen LogP contribution in [0.5, 0.6) is 0 Å². The molecule has 1 heterocycles. The summed E-state index contributed by atoms with van der Waals surface area (Å²) in [6.45, 7) is 0.582. The molecule has 1 fully saturated rings. The quantitative estimate of drug-likeness (QED) is 0.529. The summed E-state index contributed by atoms with van der Waals surface area (Å²) in [5.74, 6) is 0.260. The molecule has 0 aromatic carbocycles. The van der Waals surface area contributed by atoms with E-state index in [1.807, 2.05) is 0 Å². The summed E-state index contributed by atoms with van der Waals surface area (Å²) in [4.78, 5) is 10.8. The monoisotopic (exact) mass is 143 g/mol. The Morgan fingerprint density at radius 3 is 3.20 bits per heavy atom. The fourth-order valence-corrected chi connectivity index (χ4v) is 1.15. The molecule has 1 atom stereocenters. The van der Waals surface area contributed by atoms with Crippen LogP contribution in [0.25, 0.3) is 0 Å². The van der Waals surface area contributed by atoms with Gasteiger partial charge in [-0.1, -0.05) is 0 Å². The van der Waals surface area contributed by atoms with Crippen LogP contribution in [0.2, 0.25) is 0 Å². The van der Waals surface area contributed by atoms with Crippen LogP contribution in [0, 0.1) is 0 Å². The average molecular weight is 143 g/mol. The molecule has 1 saturated heterocycles. The Kier molecular flexibility index (Phi) is 2.83. The molecule has 0 unspecified atom stereocenters. The summed E-state index contributed by atoms with van der Waals surface area (Å²) in [6, 6.07) is 0.145. The Labute approximate surface area is 60.4 Å². The second-order valence-corrected chi connectivity index (χ2v) is 2.69. The number of aliphatic hydroxyl groups is 1. The molecule has 3 heteroatoms. The predicted molar refractivity (Wildman–Crippen MR) is 37.7 cm³/mol. The molecule has 0 aliphatic carbocycles. The van der Waals surface area contributed by atoms with Crippen molar-refractivity contribution in [2.24, 2.45) is 0 Å². The van der Waals surface area contributed by atoms with E-state index in [0.29, 0.717) is 13.0 Å². The summed E-state index contributed by atoms with van der Waals surface area (Å²) >= 11 is 0. The molecule has 3 nitrogen and oxygen atoms in total. The summed E-state index contributed by atoms with van der Waals surface area (Å²) < 4.78 is 0. The van der Waals surface area contributed by atoms with Gasteiger partial charge in [0, 0.05) is 12.5 Å². The van der Waals surface area contributed by atoms with Crippen molar-refractivity contribution in [1.29, 1.82) is 0 Å². The molecule has 10 heavy (non-hydrogen) atoms. The molecule has 0 aromatic rings. The molecule has 0 bridgehead atoms. The van der Waals surface area contributed by atoms with E-state index in [0.717, 1.165) is 12.8 Å². The lowest BCUT2D eigenvalue weighted by Gasteiger charge is -2.09. The van der Waals surface area contributed by atoms with Gasteiger partial charge in [-0.15, -0.1) is 0 Å². The van der Waals surface area contributed by atoms with Gasteiger partial charge in [-0.25, -0.2) is 0 Å². The zero-order valence-corrected chi connectivity index (χ0v) is 5.97. The van der Waals surface area contributed by atoms with E-state index < -0.39 is 0 Å². The molecule has 58 valence electrons. The molecule has 1 rings (SSSR count). The maximum absolute atomic E-state index is 10.8. The van der Waals surface area contributed by atoms with E-state index in [1.165, 1.54) is 0 Å². The number of hydrogen-bond acceptors (Lipinski definition) is 3. The summed E-state index contributed by atoms with van der Waals surface area (Å²) in [6.07, 6.45) is 2.50. The molecular formula is C7H13NO2. The molecule has 0 saturated carbocycles. The van der Waals surface area contributed by atoms with Crippen LogP contribution in [0.3, 0.4) is 0 Å². The van der Waals surface area contributed by atoms with Crippen LogP contribution in [0.15, 0.2) is 0 Å². The van der Waals surface area contributed by atoms with E-state index in [2.05, 4.69) is 5.32 Å². The molecule has 1 aliphatic rings. The van der Waals surface area contributed by atoms with E-state index >= 15 is 0 Å². The fourth-order valence-electron chi connectivity index (χ4n) is 1.15. The highest BCUT2D eigenvalue weighted by atomic mass is 16.3. The van der Waals surface area contributed by atoms with Crippen LogP contribution < -0.4 is 5.32 Å². The second-order valence-electron chi connectivity index (χ2n) is 2.69. The minimum atomic E-state index is 0.145. The zero-order valence-electron chi connectivity index (χ0n) is 5.97. The van der Waals surface area contributed by atoms with Crippen molar-refractivity contribution in [3.05, 3.63) is 0 Å². The number of Topliss-reactive ketones (excluding diaryl/α,β-unsaturated/α-hetero) is 1. The molecular weight excluding hydrogens is 130 g/mol. The van der Waals surface area contributed by atoms with Gasteiger partial charge >= 0.3 is 0 Å². The smallest absolute Gasteiger partial charge is 0.146 e. The standard InChI is InChI=1S/C7H13NO2/c9-5-6-2-1-3-7(10)4-8-6/h6,8-9H,1-5H2/t6-/m0/s1. The third-order valence-corrected chi connectivity index (χ3v) is 1.82. The Morgan fingerprint density at radius 1 is 1.70 bits per heavy atom. The third-order valence-electron chi connectivity index (χ3n) is 1.82. The van der Waals surface area contributed by atoms with Gasteiger partial charge in [0.1, 0.15) is 5.78 Å². The Hall–Kier alpha value is -0.410. The highest BCUT2D eigenvalue weighted by Crippen LogP contribution is 2.04. The number of ketones is 1. The SMILES string of the molecule is O=C1CCC[C@@H](CO)NC1. The lowest BCUT2D eigenvalue weighted by molar-refractivity contribution is -0.118. The molecule has 2 N–H and O–H groups in total. The van der Waals surface area contributed by atoms with Crippen molar-refractivity contribution in [3.8, 4) is 0 Å². The van der Waals surface area contributed by atoms with Crippen molar-refractivity contribution < 1.29 is 9.90 Å². The first-order valence-corrected chi connectivity index (χ1v) is 3.69. The van der Waals surface area contributed by atoms with Gasteiger partial charge in [0.05, 0.1) is 13.2 Å². The van der Waals surface area contributed by atoms with Crippen LogP contribution in [0.4, 0.5) is 0 Å². The van der Waals surface area contributed by atoms with Crippen LogP contribution in [0.1, 0.15) is 19.3 Å². The minimum absolute atomic E-state index is 0.145. The summed E-state index contributed by atoms with van der Waals surface area (Å²) in [7, 11) is 0. The van der Waals surface area contributed by atoms with Gasteiger partial charge in [-0.3, -0.25) is 4.79 Å². The lowest BCUT2D eigenvalue weighted by Crippen LogP contribution is -2.33. The van der Waals surface area contributed by atoms with Gasteiger partial charge in [0.15, 0.2) is 0 Å². The number of carbonyl (C=O) groups excluding carboxylic acids is 1. The van der Waals surface area contributed by atoms with E-state index in [9.17, 15) is 4.79 Å². The molecule has 0 radical (unpaired) electrons. The van der Waals surface area contributed by atoms with Crippen molar-refractivity contribution >= 4 is 5.78 Å². The predicted octanol–water partition coefficient (Wildman–Crippen LogP) is -0.310. The van der Waals surface area contributed by atoms with Crippen LogP contribution >= 0.6 is 0 Å². The normalized spacial score (nSPS) is 28.1. The van der Waals surface area contributed by atoms with Gasteiger partial charge in [-0.2, -0.15) is 0 Å². The number of nitrogens with one attached hydrogen (secondary N) is 1. The Balaban J connectivity index is 2.33. The maximum atomic E-state index is 10.8. The molecule has 0 amide bonds. The summed E-state index contributed by atoms with van der Waals surface area (Å²) in [5, 5.41) is 11.7. The number of aliphatic hydroxyl groups excluding tert-OH is 1. The first kappa shape index (κ1) is 7.69. The van der Waals surface area contributed by atoms with E-state index in [4.69, 9.17) is 5.11 Å². The minimum Gasteiger partial charge on any atom is -0.395 e. The van der Waals surface area contributed by atoms with Gasteiger partial charge < -0.3 is 10.4 Å². The lowest BCUT2D eigenvalue weighted by atomic mass is 10.1. The van der Waals surface area contributed by atoms with Crippen LogP contribution in [-0.2, 0) is 4.79 Å². The molecule has 0 spiro atoms. The first-order valence-electron chi connectivity index (χ1n) is 3.69. The first-order chi connectivity index (χ1) is 4.83. The van der Waals surface area contributed by atoms with Crippen molar-refractivity contribution in [2.75, 3.05) is 13.2 Å². The number of carbonyl (C=O) groups is 1. The zero-order chi connectivity index (χ0) is 7.40. The fraction of sp³-hybridized carbons (Fsp3) is 0.857. The highest BCUT2D eigenvalue weighted by Gasteiger charge is 2.13. The van der Waals surface area contributed by atoms with Crippen molar-refractivity contribution in [3.63, 3.8) is 0 Å². The maximum Gasteiger partial charge on any atom is 0.146 e. The van der Waals surface area contributed by atoms with Crippen LogP contribution in [-0.4, -0.2) is 30.1 Å². The van der Waals surface area contributed by atoms with Gasteiger partial charge in [0.25, 0.3) is 0 Å². The van der Waals surface area contributed by atoms with Gasteiger partial charge in [0.2, 0.25) is 0 Å². The van der Waals surface area contributed by atoms with E-state index in [-0.39, 0.29) is 18.4 Å². The second kappa shape index (κ2) is 3.68. The van der Waals surface area contributed by atoms with Crippen molar-refractivity contribution in [2.45, 2.75) is 25.3 Å². The van der Waals surface area contributed by atoms with Crippen molar-refractivity contribution in [1.82, 2.24) is 5.32 Å². The third kappa shape index (κ3) is 2.08. The average Bonchev–Trinajstić information content (AvgIpc) is 2.14. The highest BCUT2D eigenvalue weighted by molar-refractivity contribution is 5.80. The Morgan fingerprint density at radius 2 is 2.50 bits per heavy atom. The Bertz CT molecular complexity index is 125. The van der Waals surface area contributed by atoms with Gasteiger partial charge in [-0.05, 0) is 12.8 Å². The molecule has 0 aromatic heterocycles.